The summed E-state index contributed by atoms with van der Waals surface area (Å²) >= 11 is 0. The van der Waals surface area contributed by atoms with E-state index in [0.29, 0.717) is 0 Å². The third-order valence-electron chi connectivity index (χ3n) is 1.95. The van der Waals surface area contributed by atoms with Crippen molar-refractivity contribution in [1.82, 2.24) is 0 Å². The minimum Gasteiger partial charge on any atom is -0.450 e. The monoisotopic (exact) mass is 208 g/mol. The molecule has 2 rings (SSSR count). The molecule has 0 aliphatic carbocycles. The molecular formula is C8H4N2O5. The van der Waals surface area contributed by atoms with Gasteiger partial charge in [0.2, 0.25) is 5.58 Å². The Morgan fingerprint density at radius 1 is 1.07 bits per heavy atom. The van der Waals surface area contributed by atoms with Gasteiger partial charge < -0.3 is 4.42 Å². The van der Waals surface area contributed by atoms with Crippen molar-refractivity contribution in [3.05, 3.63) is 44.7 Å². The van der Waals surface area contributed by atoms with Gasteiger partial charge in [-0.3, -0.25) is 20.2 Å². The molecule has 0 N–H and O–H groups in total. The van der Waals surface area contributed by atoms with Gasteiger partial charge >= 0.3 is 11.4 Å². The lowest BCUT2D eigenvalue weighted by atomic mass is 10.2. The third-order valence-corrected chi connectivity index (χ3v) is 1.95. The predicted octanol–water partition coefficient (Wildman–Crippen LogP) is 2.25. The van der Waals surface area contributed by atoms with Crippen LogP contribution in [0.4, 0.5) is 11.4 Å². The van der Waals surface area contributed by atoms with E-state index in [9.17, 15) is 20.2 Å². The fraction of sp³-hybridized carbons (Fsp3) is 0. The van der Waals surface area contributed by atoms with Crippen molar-refractivity contribution in [2.75, 3.05) is 0 Å². The molecule has 0 amide bonds. The second kappa shape index (κ2) is 3.05. The zero-order chi connectivity index (χ0) is 11.0. The first-order chi connectivity index (χ1) is 7.11. The molecule has 0 spiro atoms. The molecule has 1 heterocycles. The molecule has 7 heteroatoms. The second-order valence-electron chi connectivity index (χ2n) is 2.79. The Kier molecular flexibility index (Phi) is 1.86. The summed E-state index contributed by atoms with van der Waals surface area (Å²) in [6, 6.07) is 4.02. The van der Waals surface area contributed by atoms with Crippen LogP contribution in [-0.2, 0) is 0 Å². The highest BCUT2D eigenvalue weighted by atomic mass is 16.6. The van der Waals surface area contributed by atoms with Gasteiger partial charge in [-0.05, 0) is 6.07 Å². The van der Waals surface area contributed by atoms with Gasteiger partial charge in [0.1, 0.15) is 5.39 Å². The molecule has 0 fully saturated rings. The Hall–Kier alpha value is -2.44. The van der Waals surface area contributed by atoms with Gasteiger partial charge in [0, 0.05) is 6.07 Å². The van der Waals surface area contributed by atoms with Crippen molar-refractivity contribution in [3.8, 4) is 0 Å². The Labute approximate surface area is 82.2 Å². The summed E-state index contributed by atoms with van der Waals surface area (Å²) in [5.41, 5.74) is -0.622. The maximum Gasteiger partial charge on any atom is 0.315 e. The van der Waals surface area contributed by atoms with Crippen LogP contribution in [0.25, 0.3) is 11.0 Å². The lowest BCUT2D eigenvalue weighted by Crippen LogP contribution is -1.88. The van der Waals surface area contributed by atoms with Gasteiger partial charge in [0.05, 0.1) is 9.85 Å². The number of non-ortho nitro benzene ring substituents is 1. The maximum absolute atomic E-state index is 10.6. The van der Waals surface area contributed by atoms with E-state index in [2.05, 4.69) is 0 Å². The van der Waals surface area contributed by atoms with Crippen LogP contribution in [-0.4, -0.2) is 9.85 Å². The number of hydrogen-bond acceptors (Lipinski definition) is 5. The summed E-state index contributed by atoms with van der Waals surface area (Å²) in [5.74, 6) is 0. The van der Waals surface area contributed by atoms with Gasteiger partial charge in [-0.1, -0.05) is 6.07 Å². The summed E-state index contributed by atoms with van der Waals surface area (Å²) in [4.78, 5) is 19.8. The van der Waals surface area contributed by atoms with Gasteiger partial charge in [-0.25, -0.2) is 0 Å². The average Bonchev–Trinajstić information content (AvgIpc) is 2.59. The zero-order valence-electron chi connectivity index (χ0n) is 7.25. The van der Waals surface area contributed by atoms with Crippen LogP contribution < -0.4 is 0 Å². The lowest BCUT2D eigenvalue weighted by Gasteiger charge is -1.90. The number of furan rings is 1. The maximum atomic E-state index is 10.6. The summed E-state index contributed by atoms with van der Waals surface area (Å²) in [6.45, 7) is 0. The number of fused-ring (bicyclic) bond motifs is 1. The van der Waals surface area contributed by atoms with Gasteiger partial charge in [-0.15, -0.1) is 0 Å². The molecule has 0 atom stereocenters. The number of para-hydroxylation sites is 1. The third kappa shape index (κ3) is 1.30. The lowest BCUT2D eigenvalue weighted by molar-refractivity contribution is -0.384. The number of nitro groups is 2. The number of hydrogen-bond donors (Lipinski definition) is 0. The first-order valence-corrected chi connectivity index (χ1v) is 3.90. The Morgan fingerprint density at radius 2 is 1.73 bits per heavy atom. The van der Waals surface area contributed by atoms with Crippen LogP contribution in [0.3, 0.4) is 0 Å². The predicted molar refractivity (Wildman–Crippen MR) is 49.5 cm³/mol. The van der Waals surface area contributed by atoms with Crippen LogP contribution in [0.1, 0.15) is 0 Å². The minimum atomic E-state index is -0.643. The van der Waals surface area contributed by atoms with Gasteiger partial charge in [-0.2, -0.15) is 0 Å². The van der Waals surface area contributed by atoms with Crippen molar-refractivity contribution in [2.45, 2.75) is 0 Å². The fourth-order valence-corrected chi connectivity index (χ4v) is 1.31. The summed E-state index contributed by atoms with van der Waals surface area (Å²) in [5, 5.41) is 21.2. The number of nitrogens with zero attached hydrogens (tertiary/aromatic N) is 2. The van der Waals surface area contributed by atoms with E-state index in [4.69, 9.17) is 4.42 Å². The van der Waals surface area contributed by atoms with E-state index >= 15 is 0 Å². The molecule has 1 aromatic carbocycles. The topological polar surface area (TPSA) is 99.4 Å². The summed E-state index contributed by atoms with van der Waals surface area (Å²) in [7, 11) is 0. The molecule has 0 bridgehead atoms. The van der Waals surface area contributed by atoms with Crippen molar-refractivity contribution in [1.29, 1.82) is 0 Å². The normalized spacial score (nSPS) is 10.4. The molecule has 2 aromatic rings. The number of nitro benzene ring substituents is 1. The van der Waals surface area contributed by atoms with E-state index in [-0.39, 0.29) is 22.3 Å². The van der Waals surface area contributed by atoms with Crippen LogP contribution in [0, 0.1) is 20.2 Å². The fourth-order valence-electron chi connectivity index (χ4n) is 1.31. The highest BCUT2D eigenvalue weighted by molar-refractivity contribution is 5.92. The van der Waals surface area contributed by atoms with Gasteiger partial charge in [0.15, 0.2) is 6.26 Å². The van der Waals surface area contributed by atoms with E-state index in [1.165, 1.54) is 18.2 Å². The quantitative estimate of drug-likeness (QED) is 0.556. The Morgan fingerprint density at radius 3 is 2.33 bits per heavy atom. The Balaban J connectivity index is 2.80. The van der Waals surface area contributed by atoms with Crippen LogP contribution in [0.2, 0.25) is 0 Å². The molecule has 15 heavy (non-hydrogen) atoms. The van der Waals surface area contributed by atoms with E-state index in [1.54, 1.807) is 0 Å². The SMILES string of the molecule is O=[N+]([O-])c1coc2c([N+](=O)[O-])cccc12. The molecule has 0 unspecified atom stereocenters. The molecule has 0 aliphatic heterocycles. The first-order valence-electron chi connectivity index (χ1n) is 3.90. The number of rotatable bonds is 2. The molecule has 0 aliphatic rings. The minimum absolute atomic E-state index is 0.0748. The average molecular weight is 208 g/mol. The van der Waals surface area contributed by atoms with E-state index in [1.807, 2.05) is 0 Å². The van der Waals surface area contributed by atoms with E-state index < -0.39 is 9.85 Å². The van der Waals surface area contributed by atoms with E-state index in [0.717, 1.165) is 6.26 Å². The summed E-state index contributed by atoms with van der Waals surface area (Å²) in [6.07, 6.45) is 0.900. The van der Waals surface area contributed by atoms with Crippen molar-refractivity contribution >= 4 is 22.3 Å². The highest BCUT2D eigenvalue weighted by Gasteiger charge is 2.22. The Bertz CT molecular complexity index is 559. The zero-order valence-corrected chi connectivity index (χ0v) is 7.25. The smallest absolute Gasteiger partial charge is 0.315 e. The van der Waals surface area contributed by atoms with Crippen molar-refractivity contribution in [2.24, 2.45) is 0 Å². The molecule has 0 saturated carbocycles. The standard InChI is InChI=1S/C8H4N2O5/c11-9(12)6-3-1-2-5-7(10(13)14)4-15-8(5)6/h1-4H. The molecule has 7 nitrogen and oxygen atoms in total. The van der Waals surface area contributed by atoms with Crippen LogP contribution >= 0.6 is 0 Å². The molecule has 76 valence electrons. The second-order valence-corrected chi connectivity index (χ2v) is 2.79. The molecule has 1 aromatic heterocycles. The van der Waals surface area contributed by atoms with Gasteiger partial charge in [0.25, 0.3) is 0 Å². The molecular weight excluding hydrogens is 204 g/mol. The largest absolute Gasteiger partial charge is 0.450 e. The summed E-state index contributed by atoms with van der Waals surface area (Å²) < 4.78 is 4.82. The number of benzene rings is 1. The molecule has 0 saturated heterocycles. The van der Waals surface area contributed by atoms with Crippen LogP contribution in [0.5, 0.6) is 0 Å². The first kappa shape index (κ1) is 9.13. The highest BCUT2D eigenvalue weighted by Crippen LogP contribution is 2.33. The van der Waals surface area contributed by atoms with Crippen LogP contribution in [0.15, 0.2) is 28.9 Å². The van der Waals surface area contributed by atoms with Crippen molar-refractivity contribution in [3.63, 3.8) is 0 Å². The molecule has 0 radical (unpaired) electrons. The van der Waals surface area contributed by atoms with Crippen molar-refractivity contribution < 1.29 is 14.3 Å².